The Morgan fingerprint density at radius 3 is 2.55 bits per heavy atom. The molecule has 1 spiro atoms. The SMILES string of the molecule is CC1=CC2(CCCN(C(=O)OC(C)(C)C)CC2)CC1=O. The molecule has 0 N–H and O–H groups in total. The van der Waals surface area contributed by atoms with Crippen LogP contribution in [0, 0.1) is 5.41 Å². The lowest BCUT2D eigenvalue weighted by molar-refractivity contribution is -0.116. The van der Waals surface area contributed by atoms with E-state index in [9.17, 15) is 9.59 Å². The summed E-state index contributed by atoms with van der Waals surface area (Å²) < 4.78 is 5.43. The summed E-state index contributed by atoms with van der Waals surface area (Å²) in [6.45, 7) is 8.93. The number of ketones is 1. The van der Waals surface area contributed by atoms with Crippen LogP contribution in [0.5, 0.6) is 0 Å². The largest absolute Gasteiger partial charge is 0.444 e. The van der Waals surface area contributed by atoms with Crippen LogP contribution in [0.25, 0.3) is 0 Å². The fourth-order valence-electron chi connectivity index (χ4n) is 3.10. The molecule has 0 aromatic heterocycles. The Balaban J connectivity index is 2.00. The molecule has 20 heavy (non-hydrogen) atoms. The van der Waals surface area contributed by atoms with Crippen LogP contribution in [-0.2, 0) is 9.53 Å². The lowest BCUT2D eigenvalue weighted by Crippen LogP contribution is -2.37. The Hall–Kier alpha value is -1.32. The van der Waals surface area contributed by atoms with Crippen molar-refractivity contribution in [3.63, 3.8) is 0 Å². The lowest BCUT2D eigenvalue weighted by Gasteiger charge is -2.27. The number of nitrogens with zero attached hydrogens (tertiary/aromatic N) is 1. The molecule has 1 aliphatic heterocycles. The average molecular weight is 279 g/mol. The highest BCUT2D eigenvalue weighted by atomic mass is 16.6. The quantitative estimate of drug-likeness (QED) is 0.683. The van der Waals surface area contributed by atoms with Gasteiger partial charge in [0, 0.05) is 19.5 Å². The summed E-state index contributed by atoms with van der Waals surface area (Å²) >= 11 is 0. The minimum atomic E-state index is -0.457. The van der Waals surface area contributed by atoms with Crippen LogP contribution in [0.4, 0.5) is 4.79 Å². The molecule has 1 heterocycles. The average Bonchev–Trinajstić information content (AvgIpc) is 2.47. The van der Waals surface area contributed by atoms with Crippen LogP contribution < -0.4 is 0 Å². The molecular formula is C16H25NO3. The van der Waals surface area contributed by atoms with E-state index in [1.54, 1.807) is 4.90 Å². The molecule has 0 aromatic rings. The van der Waals surface area contributed by atoms with Crippen molar-refractivity contribution < 1.29 is 14.3 Å². The van der Waals surface area contributed by atoms with Gasteiger partial charge in [0.2, 0.25) is 0 Å². The van der Waals surface area contributed by atoms with Crippen LogP contribution in [0.15, 0.2) is 11.6 Å². The number of Topliss-reactive ketones (excluding diaryl/α,β-unsaturated/α-hetero) is 1. The molecule has 4 nitrogen and oxygen atoms in total. The van der Waals surface area contributed by atoms with Crippen molar-refractivity contribution in [2.75, 3.05) is 13.1 Å². The third kappa shape index (κ3) is 3.41. The zero-order valence-corrected chi connectivity index (χ0v) is 13.0. The third-order valence-corrected chi connectivity index (χ3v) is 4.11. The second kappa shape index (κ2) is 5.23. The summed E-state index contributed by atoms with van der Waals surface area (Å²) in [7, 11) is 0. The molecule has 4 heteroatoms. The van der Waals surface area contributed by atoms with E-state index in [4.69, 9.17) is 4.74 Å². The van der Waals surface area contributed by atoms with E-state index in [-0.39, 0.29) is 17.3 Å². The molecule has 2 rings (SSSR count). The fourth-order valence-corrected chi connectivity index (χ4v) is 3.10. The Morgan fingerprint density at radius 2 is 2.00 bits per heavy atom. The number of carbonyl (C=O) groups excluding carboxylic acids is 2. The summed E-state index contributed by atoms with van der Waals surface area (Å²) in [5.41, 5.74) is 0.412. The van der Waals surface area contributed by atoms with Crippen molar-refractivity contribution in [3.05, 3.63) is 11.6 Å². The van der Waals surface area contributed by atoms with E-state index in [0.717, 1.165) is 31.4 Å². The molecule has 1 amide bonds. The van der Waals surface area contributed by atoms with Gasteiger partial charge in [0.1, 0.15) is 5.60 Å². The first kappa shape index (κ1) is 15.1. The lowest BCUT2D eigenvalue weighted by atomic mass is 9.80. The zero-order valence-electron chi connectivity index (χ0n) is 13.0. The van der Waals surface area contributed by atoms with Crippen molar-refractivity contribution in [1.29, 1.82) is 0 Å². The number of hydrogen-bond acceptors (Lipinski definition) is 3. The number of carbonyl (C=O) groups is 2. The van der Waals surface area contributed by atoms with E-state index in [1.165, 1.54) is 0 Å². The van der Waals surface area contributed by atoms with Crippen LogP contribution in [0.3, 0.4) is 0 Å². The van der Waals surface area contributed by atoms with Gasteiger partial charge >= 0.3 is 6.09 Å². The Labute approximate surface area is 121 Å². The Kier molecular flexibility index (Phi) is 3.94. The molecular weight excluding hydrogens is 254 g/mol. The van der Waals surface area contributed by atoms with Crippen LogP contribution in [0.1, 0.15) is 53.4 Å². The molecule has 0 bridgehead atoms. The summed E-state index contributed by atoms with van der Waals surface area (Å²) in [6, 6.07) is 0. The topological polar surface area (TPSA) is 46.6 Å². The second-order valence-electron chi connectivity index (χ2n) is 7.11. The fraction of sp³-hybridized carbons (Fsp3) is 0.750. The van der Waals surface area contributed by atoms with Crippen molar-refractivity contribution >= 4 is 11.9 Å². The first-order valence-electron chi connectivity index (χ1n) is 7.41. The molecule has 1 unspecified atom stereocenters. The van der Waals surface area contributed by atoms with Crippen molar-refractivity contribution in [3.8, 4) is 0 Å². The predicted octanol–water partition coefficient (Wildman–Crippen LogP) is 3.31. The molecule has 1 aliphatic carbocycles. The molecule has 0 aromatic carbocycles. The Morgan fingerprint density at radius 1 is 1.30 bits per heavy atom. The molecule has 0 radical (unpaired) electrons. The van der Waals surface area contributed by atoms with Crippen molar-refractivity contribution in [1.82, 2.24) is 4.90 Å². The maximum Gasteiger partial charge on any atom is 0.410 e. The number of amides is 1. The van der Waals surface area contributed by atoms with E-state index >= 15 is 0 Å². The van der Waals surface area contributed by atoms with Gasteiger partial charge in [-0.25, -0.2) is 4.79 Å². The Bertz CT molecular complexity index is 447. The van der Waals surface area contributed by atoms with Gasteiger partial charge in [-0.05, 0) is 57.9 Å². The van der Waals surface area contributed by atoms with Gasteiger partial charge in [0.15, 0.2) is 5.78 Å². The number of likely N-dealkylation sites (tertiary alicyclic amines) is 1. The van der Waals surface area contributed by atoms with Gasteiger partial charge in [0.05, 0.1) is 0 Å². The maximum atomic E-state index is 12.1. The first-order chi connectivity index (χ1) is 9.21. The van der Waals surface area contributed by atoms with E-state index in [0.29, 0.717) is 13.0 Å². The van der Waals surface area contributed by atoms with Crippen LogP contribution >= 0.6 is 0 Å². The molecule has 0 saturated carbocycles. The summed E-state index contributed by atoms with van der Waals surface area (Å²) in [6.07, 6.45) is 5.27. The smallest absolute Gasteiger partial charge is 0.410 e. The van der Waals surface area contributed by atoms with Crippen molar-refractivity contribution in [2.24, 2.45) is 5.41 Å². The molecule has 112 valence electrons. The number of allylic oxidation sites excluding steroid dienone is 2. The molecule has 1 fully saturated rings. The monoisotopic (exact) mass is 279 g/mol. The molecule has 2 aliphatic rings. The standard InChI is InChI=1S/C16H25NO3/c1-12-10-16(11-13(12)18)6-5-8-17(9-7-16)14(19)20-15(2,3)4/h10H,5-9,11H2,1-4H3. The van der Waals surface area contributed by atoms with Crippen LogP contribution in [0.2, 0.25) is 0 Å². The van der Waals surface area contributed by atoms with Gasteiger partial charge in [-0.3, -0.25) is 4.79 Å². The second-order valence-corrected chi connectivity index (χ2v) is 7.11. The summed E-state index contributed by atoms with van der Waals surface area (Å²) in [5.74, 6) is 0.260. The summed E-state index contributed by atoms with van der Waals surface area (Å²) in [5, 5.41) is 0. The predicted molar refractivity (Wildman–Crippen MR) is 77.5 cm³/mol. The minimum Gasteiger partial charge on any atom is -0.444 e. The number of rotatable bonds is 0. The number of ether oxygens (including phenoxy) is 1. The summed E-state index contributed by atoms with van der Waals surface area (Å²) in [4.78, 5) is 25.7. The third-order valence-electron chi connectivity index (χ3n) is 4.11. The zero-order chi connectivity index (χ0) is 15.0. The minimum absolute atomic E-state index is 0.0159. The van der Waals surface area contributed by atoms with E-state index in [2.05, 4.69) is 6.08 Å². The molecule has 1 atom stereocenters. The van der Waals surface area contributed by atoms with Crippen LogP contribution in [-0.4, -0.2) is 35.5 Å². The van der Waals surface area contributed by atoms with Gasteiger partial charge in [0.25, 0.3) is 0 Å². The highest BCUT2D eigenvalue weighted by Gasteiger charge is 2.39. The highest BCUT2D eigenvalue weighted by molar-refractivity contribution is 5.98. The van der Waals surface area contributed by atoms with Gasteiger partial charge in [-0.1, -0.05) is 6.08 Å². The molecule has 1 saturated heterocycles. The van der Waals surface area contributed by atoms with E-state index in [1.807, 2.05) is 27.7 Å². The van der Waals surface area contributed by atoms with Gasteiger partial charge < -0.3 is 9.64 Å². The highest BCUT2D eigenvalue weighted by Crippen LogP contribution is 2.42. The normalized spacial score (nSPS) is 27.5. The van der Waals surface area contributed by atoms with Gasteiger partial charge in [-0.2, -0.15) is 0 Å². The van der Waals surface area contributed by atoms with E-state index < -0.39 is 5.60 Å². The first-order valence-corrected chi connectivity index (χ1v) is 7.41. The van der Waals surface area contributed by atoms with Gasteiger partial charge in [-0.15, -0.1) is 0 Å². The maximum absolute atomic E-state index is 12.1. The van der Waals surface area contributed by atoms with Crippen molar-refractivity contribution in [2.45, 2.75) is 59.0 Å². The number of hydrogen-bond donors (Lipinski definition) is 0.